The normalized spacial score (nSPS) is 12.2. The van der Waals surface area contributed by atoms with Crippen LogP contribution in [0, 0.1) is 13.8 Å². The molecule has 0 aliphatic carbocycles. The van der Waals surface area contributed by atoms with Gasteiger partial charge in [0, 0.05) is 4.88 Å². The molecule has 19 heavy (non-hydrogen) atoms. The monoisotopic (exact) mass is 295 g/mol. The van der Waals surface area contributed by atoms with E-state index in [0.717, 1.165) is 15.6 Å². The van der Waals surface area contributed by atoms with Gasteiger partial charge in [-0.05, 0) is 32.9 Å². The highest BCUT2D eigenvalue weighted by Gasteiger charge is 2.17. The highest BCUT2D eigenvalue weighted by molar-refractivity contribution is 7.11. The molecule has 0 spiro atoms. The van der Waals surface area contributed by atoms with Gasteiger partial charge in [0.2, 0.25) is 0 Å². The van der Waals surface area contributed by atoms with Crippen molar-refractivity contribution in [3.8, 4) is 0 Å². The quantitative estimate of drug-likeness (QED) is 0.884. The molecule has 1 atom stereocenters. The number of nitrogens with zero attached hydrogens (tertiary/aromatic N) is 2. The highest BCUT2D eigenvalue weighted by atomic mass is 35.5. The summed E-state index contributed by atoms with van der Waals surface area (Å²) in [7, 11) is 0. The van der Waals surface area contributed by atoms with E-state index in [4.69, 9.17) is 11.6 Å². The van der Waals surface area contributed by atoms with E-state index in [2.05, 4.69) is 15.3 Å². The fourth-order valence-electron chi connectivity index (χ4n) is 1.82. The zero-order chi connectivity index (χ0) is 14.0. The minimum absolute atomic E-state index is 0.0977. The van der Waals surface area contributed by atoms with Gasteiger partial charge in [0.1, 0.15) is 10.8 Å². The number of hydrogen-bond donors (Lipinski definition) is 1. The number of thiazole rings is 1. The molecule has 6 heteroatoms. The summed E-state index contributed by atoms with van der Waals surface area (Å²) in [4.78, 5) is 21.5. The molecule has 2 rings (SSSR count). The van der Waals surface area contributed by atoms with Crippen molar-refractivity contribution >= 4 is 28.8 Å². The van der Waals surface area contributed by atoms with Crippen LogP contribution in [0.2, 0.25) is 5.15 Å². The Morgan fingerprint density at radius 2 is 2.11 bits per heavy atom. The molecule has 1 amide bonds. The van der Waals surface area contributed by atoms with E-state index in [0.29, 0.717) is 10.8 Å². The van der Waals surface area contributed by atoms with Gasteiger partial charge in [-0.1, -0.05) is 17.7 Å². The lowest BCUT2D eigenvalue weighted by molar-refractivity contribution is 0.0935. The Morgan fingerprint density at radius 3 is 2.68 bits per heavy atom. The second-order valence-corrected chi connectivity index (χ2v) is 5.85. The SMILES string of the molecule is Cc1nc(C)c(C(C)NC(=O)c2cccc(Cl)n2)s1. The smallest absolute Gasteiger partial charge is 0.270 e. The first-order valence-electron chi connectivity index (χ1n) is 5.84. The molecule has 0 radical (unpaired) electrons. The summed E-state index contributed by atoms with van der Waals surface area (Å²) in [5.41, 5.74) is 1.27. The predicted octanol–water partition coefficient (Wildman–Crippen LogP) is 3.30. The van der Waals surface area contributed by atoms with E-state index in [1.165, 1.54) is 0 Å². The fraction of sp³-hybridized carbons (Fsp3) is 0.308. The molecule has 0 fully saturated rings. The Labute approximate surface area is 120 Å². The molecule has 0 aromatic carbocycles. The van der Waals surface area contributed by atoms with Crippen LogP contribution in [0.1, 0.15) is 39.0 Å². The van der Waals surface area contributed by atoms with Crippen molar-refractivity contribution in [3.05, 3.63) is 44.6 Å². The number of aromatic nitrogens is 2. The standard InChI is InChI=1S/C13H14ClN3OS/c1-7-12(19-9(3)15-7)8(2)16-13(18)10-5-4-6-11(14)17-10/h4-6,8H,1-3H3,(H,16,18). The largest absolute Gasteiger partial charge is 0.343 e. The zero-order valence-electron chi connectivity index (χ0n) is 10.9. The van der Waals surface area contributed by atoms with Crippen LogP contribution in [0.5, 0.6) is 0 Å². The molecular weight excluding hydrogens is 282 g/mol. The maximum Gasteiger partial charge on any atom is 0.270 e. The summed E-state index contributed by atoms with van der Waals surface area (Å²) in [5, 5.41) is 4.21. The van der Waals surface area contributed by atoms with E-state index in [9.17, 15) is 4.79 Å². The fourth-order valence-corrected chi connectivity index (χ4v) is 2.91. The lowest BCUT2D eigenvalue weighted by Gasteiger charge is -2.12. The number of halogens is 1. The topological polar surface area (TPSA) is 54.9 Å². The Balaban J connectivity index is 2.13. The van der Waals surface area contributed by atoms with Crippen LogP contribution in [-0.2, 0) is 0 Å². The van der Waals surface area contributed by atoms with Crippen molar-refractivity contribution in [2.75, 3.05) is 0 Å². The van der Waals surface area contributed by atoms with Crippen molar-refractivity contribution in [1.82, 2.24) is 15.3 Å². The lowest BCUT2D eigenvalue weighted by Crippen LogP contribution is -2.27. The number of carbonyl (C=O) groups excluding carboxylic acids is 1. The van der Waals surface area contributed by atoms with Crippen molar-refractivity contribution in [3.63, 3.8) is 0 Å². The number of nitrogens with one attached hydrogen (secondary N) is 1. The van der Waals surface area contributed by atoms with E-state index in [-0.39, 0.29) is 11.9 Å². The van der Waals surface area contributed by atoms with Gasteiger partial charge >= 0.3 is 0 Å². The van der Waals surface area contributed by atoms with Gasteiger partial charge in [0.25, 0.3) is 5.91 Å². The van der Waals surface area contributed by atoms with Crippen LogP contribution < -0.4 is 5.32 Å². The van der Waals surface area contributed by atoms with Crippen LogP contribution in [0.3, 0.4) is 0 Å². The Morgan fingerprint density at radius 1 is 1.37 bits per heavy atom. The van der Waals surface area contributed by atoms with E-state index >= 15 is 0 Å². The second-order valence-electron chi connectivity index (χ2n) is 4.22. The number of aryl methyl sites for hydroxylation is 2. The van der Waals surface area contributed by atoms with Gasteiger partial charge < -0.3 is 5.32 Å². The second kappa shape index (κ2) is 5.67. The maximum atomic E-state index is 12.1. The first kappa shape index (κ1) is 14.0. The number of rotatable bonds is 3. The summed E-state index contributed by atoms with van der Waals surface area (Å²) in [6.45, 7) is 5.83. The lowest BCUT2D eigenvalue weighted by atomic mass is 10.2. The van der Waals surface area contributed by atoms with Gasteiger partial charge in [-0.3, -0.25) is 4.79 Å². The third-order valence-corrected chi connectivity index (χ3v) is 4.09. The molecule has 0 aliphatic rings. The average molecular weight is 296 g/mol. The Kier molecular flexibility index (Phi) is 4.17. The number of hydrogen-bond acceptors (Lipinski definition) is 4. The molecular formula is C13H14ClN3OS. The van der Waals surface area contributed by atoms with Crippen molar-refractivity contribution in [2.45, 2.75) is 26.8 Å². The van der Waals surface area contributed by atoms with E-state index in [1.807, 2.05) is 20.8 Å². The highest BCUT2D eigenvalue weighted by Crippen LogP contribution is 2.24. The molecule has 0 saturated carbocycles. The van der Waals surface area contributed by atoms with Crippen molar-refractivity contribution in [1.29, 1.82) is 0 Å². The van der Waals surface area contributed by atoms with Gasteiger partial charge in [-0.25, -0.2) is 9.97 Å². The van der Waals surface area contributed by atoms with Gasteiger partial charge in [-0.2, -0.15) is 0 Å². The summed E-state index contributed by atoms with van der Waals surface area (Å²) in [6, 6.07) is 4.88. The minimum Gasteiger partial charge on any atom is -0.343 e. The first-order chi connectivity index (χ1) is 8.97. The summed E-state index contributed by atoms with van der Waals surface area (Å²) in [5.74, 6) is -0.236. The van der Waals surface area contributed by atoms with Crippen molar-refractivity contribution < 1.29 is 4.79 Å². The van der Waals surface area contributed by atoms with E-state index in [1.54, 1.807) is 29.5 Å². The summed E-state index contributed by atoms with van der Waals surface area (Å²) in [6.07, 6.45) is 0. The minimum atomic E-state index is -0.236. The van der Waals surface area contributed by atoms with Crippen LogP contribution in [0.15, 0.2) is 18.2 Å². The molecule has 2 aromatic heterocycles. The van der Waals surface area contributed by atoms with Gasteiger partial charge in [0.15, 0.2) is 0 Å². The molecule has 1 N–H and O–H groups in total. The van der Waals surface area contributed by atoms with Crippen molar-refractivity contribution in [2.24, 2.45) is 0 Å². The number of amides is 1. The van der Waals surface area contributed by atoms with Crippen LogP contribution in [-0.4, -0.2) is 15.9 Å². The average Bonchev–Trinajstić information content (AvgIpc) is 2.68. The molecule has 0 aliphatic heterocycles. The van der Waals surface area contributed by atoms with E-state index < -0.39 is 0 Å². The number of pyridine rings is 1. The molecule has 0 bridgehead atoms. The number of carbonyl (C=O) groups is 1. The maximum absolute atomic E-state index is 12.1. The first-order valence-corrected chi connectivity index (χ1v) is 7.04. The molecule has 2 aromatic rings. The molecule has 4 nitrogen and oxygen atoms in total. The Hall–Kier alpha value is -1.46. The molecule has 1 unspecified atom stereocenters. The summed E-state index contributed by atoms with van der Waals surface area (Å²) >= 11 is 7.36. The summed E-state index contributed by atoms with van der Waals surface area (Å²) < 4.78 is 0. The molecule has 100 valence electrons. The zero-order valence-corrected chi connectivity index (χ0v) is 12.5. The predicted molar refractivity (Wildman–Crippen MR) is 76.7 cm³/mol. The van der Waals surface area contributed by atoms with Crippen LogP contribution in [0.4, 0.5) is 0 Å². The van der Waals surface area contributed by atoms with Crippen LogP contribution in [0.25, 0.3) is 0 Å². The molecule has 0 saturated heterocycles. The molecule has 2 heterocycles. The van der Waals surface area contributed by atoms with Gasteiger partial charge in [-0.15, -0.1) is 11.3 Å². The third kappa shape index (κ3) is 3.30. The Bertz CT molecular complexity index is 612. The van der Waals surface area contributed by atoms with Gasteiger partial charge in [0.05, 0.1) is 16.7 Å². The van der Waals surface area contributed by atoms with Crippen LogP contribution >= 0.6 is 22.9 Å². The third-order valence-electron chi connectivity index (χ3n) is 2.63.